The molecule has 0 spiro atoms. The lowest BCUT2D eigenvalue weighted by Gasteiger charge is -2.34. The van der Waals surface area contributed by atoms with Crippen molar-refractivity contribution in [1.29, 1.82) is 5.26 Å². The Morgan fingerprint density at radius 1 is 1.60 bits per heavy atom. The molecule has 0 bridgehead atoms. The summed E-state index contributed by atoms with van der Waals surface area (Å²) in [5, 5.41) is 11.0. The fraction of sp³-hybridized carbons (Fsp3) is 0.818. The summed E-state index contributed by atoms with van der Waals surface area (Å²) in [4.78, 5) is 11.3. The average Bonchev–Trinajstić information content (AvgIpc) is 2.15. The molecule has 0 saturated heterocycles. The van der Waals surface area contributed by atoms with Crippen molar-refractivity contribution in [2.45, 2.75) is 38.7 Å². The third-order valence-electron chi connectivity index (χ3n) is 2.63. The van der Waals surface area contributed by atoms with Crippen LogP contribution in [-0.2, 0) is 9.53 Å². The van der Waals surface area contributed by atoms with E-state index >= 15 is 0 Å². The van der Waals surface area contributed by atoms with Crippen molar-refractivity contribution in [3.8, 4) is 6.07 Å². The minimum atomic E-state index is 0.0604. The maximum Gasteiger partial charge on any atom is 0.220 e. The van der Waals surface area contributed by atoms with Crippen LogP contribution >= 0.6 is 0 Å². The lowest BCUT2D eigenvalue weighted by Crippen LogP contribution is -2.35. The van der Waals surface area contributed by atoms with Gasteiger partial charge in [-0.05, 0) is 25.7 Å². The standard InChI is InChI=1S/C11H18N2O2/c1-2-15-10-6-9(7-10)8-11(14)13-5-3-4-12/h9-10H,2-3,5-8H2,1H3,(H,13,14). The van der Waals surface area contributed by atoms with E-state index in [1.165, 1.54) is 0 Å². The molecule has 0 radical (unpaired) electrons. The molecule has 0 aromatic rings. The molecule has 0 aromatic heterocycles. The van der Waals surface area contributed by atoms with Gasteiger partial charge in [-0.15, -0.1) is 0 Å². The molecule has 4 nitrogen and oxygen atoms in total. The smallest absolute Gasteiger partial charge is 0.220 e. The summed E-state index contributed by atoms with van der Waals surface area (Å²) in [6, 6.07) is 1.99. The Morgan fingerprint density at radius 3 is 2.93 bits per heavy atom. The van der Waals surface area contributed by atoms with E-state index in [0.717, 1.165) is 19.4 Å². The Morgan fingerprint density at radius 2 is 2.33 bits per heavy atom. The molecule has 0 aliphatic heterocycles. The van der Waals surface area contributed by atoms with Crippen molar-refractivity contribution in [3.05, 3.63) is 0 Å². The van der Waals surface area contributed by atoms with Gasteiger partial charge < -0.3 is 10.1 Å². The van der Waals surface area contributed by atoms with E-state index in [0.29, 0.717) is 31.4 Å². The molecule has 1 amide bonds. The van der Waals surface area contributed by atoms with Crippen LogP contribution in [0, 0.1) is 17.2 Å². The topological polar surface area (TPSA) is 62.1 Å². The van der Waals surface area contributed by atoms with E-state index in [9.17, 15) is 4.79 Å². The summed E-state index contributed by atoms with van der Waals surface area (Å²) < 4.78 is 5.41. The number of amides is 1. The number of nitriles is 1. The molecular weight excluding hydrogens is 192 g/mol. The third-order valence-corrected chi connectivity index (χ3v) is 2.63. The van der Waals surface area contributed by atoms with Crippen molar-refractivity contribution in [2.24, 2.45) is 5.92 Å². The highest BCUT2D eigenvalue weighted by molar-refractivity contribution is 5.76. The number of hydrogen-bond acceptors (Lipinski definition) is 3. The molecule has 15 heavy (non-hydrogen) atoms. The maximum atomic E-state index is 11.3. The van der Waals surface area contributed by atoms with Gasteiger partial charge in [0.2, 0.25) is 5.91 Å². The number of ether oxygens (including phenoxy) is 1. The molecule has 1 aliphatic carbocycles. The second kappa shape index (κ2) is 6.41. The van der Waals surface area contributed by atoms with Crippen LogP contribution in [0.2, 0.25) is 0 Å². The molecule has 1 aliphatic rings. The first kappa shape index (κ1) is 12.0. The van der Waals surface area contributed by atoms with Crippen LogP contribution < -0.4 is 5.32 Å². The van der Waals surface area contributed by atoms with E-state index in [-0.39, 0.29) is 5.91 Å². The normalized spacial score (nSPS) is 24.0. The van der Waals surface area contributed by atoms with Gasteiger partial charge in [0, 0.05) is 19.6 Å². The van der Waals surface area contributed by atoms with Gasteiger partial charge in [-0.3, -0.25) is 4.79 Å². The largest absolute Gasteiger partial charge is 0.378 e. The van der Waals surface area contributed by atoms with Crippen LogP contribution in [0.1, 0.15) is 32.6 Å². The van der Waals surface area contributed by atoms with Crippen molar-refractivity contribution >= 4 is 5.91 Å². The van der Waals surface area contributed by atoms with Crippen molar-refractivity contribution in [3.63, 3.8) is 0 Å². The van der Waals surface area contributed by atoms with Crippen molar-refractivity contribution in [2.75, 3.05) is 13.2 Å². The molecule has 84 valence electrons. The lowest BCUT2D eigenvalue weighted by molar-refractivity contribution is -0.124. The van der Waals surface area contributed by atoms with Gasteiger partial charge in [0.25, 0.3) is 0 Å². The molecule has 0 aromatic carbocycles. The van der Waals surface area contributed by atoms with Crippen LogP contribution in [0.4, 0.5) is 0 Å². The van der Waals surface area contributed by atoms with Crippen LogP contribution in [0.25, 0.3) is 0 Å². The Kier molecular flexibility index (Phi) is 5.13. The quantitative estimate of drug-likeness (QED) is 0.670. The van der Waals surface area contributed by atoms with Gasteiger partial charge in [-0.2, -0.15) is 5.26 Å². The van der Waals surface area contributed by atoms with Gasteiger partial charge in [-0.25, -0.2) is 0 Å². The maximum absolute atomic E-state index is 11.3. The molecule has 0 atom stereocenters. The SMILES string of the molecule is CCOC1CC(CC(=O)NCCC#N)C1. The third kappa shape index (κ3) is 4.30. The highest BCUT2D eigenvalue weighted by atomic mass is 16.5. The predicted octanol–water partition coefficient (Wildman–Crippen LogP) is 1.22. The first-order valence-electron chi connectivity index (χ1n) is 5.51. The van der Waals surface area contributed by atoms with Crippen molar-refractivity contribution in [1.82, 2.24) is 5.32 Å². The van der Waals surface area contributed by atoms with Gasteiger partial charge in [-0.1, -0.05) is 0 Å². The summed E-state index contributed by atoms with van der Waals surface area (Å²) in [7, 11) is 0. The van der Waals surface area contributed by atoms with E-state index in [1.54, 1.807) is 0 Å². The molecule has 4 heteroatoms. The summed E-state index contributed by atoms with van der Waals surface area (Å²) >= 11 is 0. The minimum Gasteiger partial charge on any atom is -0.378 e. The highest BCUT2D eigenvalue weighted by Gasteiger charge is 2.30. The highest BCUT2D eigenvalue weighted by Crippen LogP contribution is 2.32. The Bertz CT molecular complexity index is 241. The Balaban J connectivity index is 2.01. The predicted molar refractivity (Wildman–Crippen MR) is 56.0 cm³/mol. The monoisotopic (exact) mass is 210 g/mol. The lowest BCUT2D eigenvalue weighted by atomic mass is 9.80. The summed E-state index contributed by atoms with van der Waals surface area (Å²) in [5.41, 5.74) is 0. The average molecular weight is 210 g/mol. The zero-order valence-electron chi connectivity index (χ0n) is 9.16. The van der Waals surface area contributed by atoms with Gasteiger partial charge in [0.1, 0.15) is 0 Å². The number of carbonyl (C=O) groups is 1. The van der Waals surface area contributed by atoms with Crippen LogP contribution in [-0.4, -0.2) is 25.2 Å². The van der Waals surface area contributed by atoms with E-state index < -0.39 is 0 Å². The molecule has 0 unspecified atom stereocenters. The van der Waals surface area contributed by atoms with Crippen LogP contribution in [0.5, 0.6) is 0 Å². The van der Waals surface area contributed by atoms with E-state index in [1.807, 2.05) is 13.0 Å². The van der Waals surface area contributed by atoms with Crippen molar-refractivity contribution < 1.29 is 9.53 Å². The fourth-order valence-electron chi connectivity index (χ4n) is 1.81. The second-order valence-corrected chi connectivity index (χ2v) is 3.88. The first-order chi connectivity index (χ1) is 7.26. The van der Waals surface area contributed by atoms with Crippen LogP contribution in [0.15, 0.2) is 0 Å². The number of carbonyl (C=O) groups excluding carboxylic acids is 1. The van der Waals surface area contributed by atoms with Crippen LogP contribution in [0.3, 0.4) is 0 Å². The summed E-state index contributed by atoms with van der Waals surface area (Å²) in [5.74, 6) is 0.536. The first-order valence-corrected chi connectivity index (χ1v) is 5.51. The fourth-order valence-corrected chi connectivity index (χ4v) is 1.81. The Hall–Kier alpha value is -1.08. The molecule has 1 N–H and O–H groups in total. The summed E-state index contributed by atoms with van der Waals surface area (Å²) in [6.07, 6.45) is 3.33. The second-order valence-electron chi connectivity index (χ2n) is 3.88. The van der Waals surface area contributed by atoms with Gasteiger partial charge in [0.15, 0.2) is 0 Å². The van der Waals surface area contributed by atoms with E-state index in [4.69, 9.17) is 10.00 Å². The zero-order valence-corrected chi connectivity index (χ0v) is 9.16. The number of nitrogens with one attached hydrogen (secondary N) is 1. The number of rotatable bonds is 6. The zero-order chi connectivity index (χ0) is 11.1. The van der Waals surface area contributed by atoms with Gasteiger partial charge in [0.05, 0.1) is 18.6 Å². The van der Waals surface area contributed by atoms with E-state index in [2.05, 4.69) is 5.32 Å². The summed E-state index contributed by atoms with van der Waals surface area (Å²) in [6.45, 7) is 3.21. The Labute approximate surface area is 90.6 Å². The number of nitrogens with zero attached hydrogens (tertiary/aromatic N) is 1. The molecule has 1 saturated carbocycles. The molecule has 1 rings (SSSR count). The molecule has 1 fully saturated rings. The molecular formula is C11H18N2O2. The number of hydrogen-bond donors (Lipinski definition) is 1. The van der Waals surface area contributed by atoms with Gasteiger partial charge >= 0.3 is 0 Å². The molecule has 0 heterocycles. The minimum absolute atomic E-state index is 0.0604.